The van der Waals surface area contributed by atoms with E-state index in [1.807, 2.05) is 37.3 Å². The van der Waals surface area contributed by atoms with Crippen molar-refractivity contribution in [2.75, 3.05) is 20.4 Å². The first-order valence-electron chi connectivity index (χ1n) is 10.1. The third-order valence-corrected chi connectivity index (χ3v) is 5.73. The van der Waals surface area contributed by atoms with E-state index in [2.05, 4.69) is 5.32 Å². The van der Waals surface area contributed by atoms with Gasteiger partial charge in [0.25, 0.3) is 5.91 Å². The Hall–Kier alpha value is -3.55. The normalized spacial score (nSPS) is 19.5. The number of benzene rings is 2. The fourth-order valence-corrected chi connectivity index (χ4v) is 3.86. The molecule has 8 nitrogen and oxygen atoms in total. The van der Waals surface area contributed by atoms with Crippen LogP contribution in [0, 0.1) is 6.92 Å². The van der Waals surface area contributed by atoms with Crippen LogP contribution >= 0.6 is 0 Å². The van der Waals surface area contributed by atoms with E-state index in [0.29, 0.717) is 18.0 Å². The molecule has 0 aromatic heterocycles. The van der Waals surface area contributed by atoms with Crippen LogP contribution in [0.1, 0.15) is 23.6 Å². The molecule has 2 aromatic rings. The standard InChI is InChI=1S/C23H25N3O5/c1-15-6-4-5-7-17(15)12-25(3)20(27)13-26-21(28)23(2,24-22(26)29)11-16-8-9-18-19(10-16)31-14-30-18/h4-10H,11-14H2,1-3H3,(H,24,29)/t23-/m1/s1. The summed E-state index contributed by atoms with van der Waals surface area (Å²) in [5.74, 6) is 0.536. The summed E-state index contributed by atoms with van der Waals surface area (Å²) in [6, 6.07) is 12.6. The zero-order chi connectivity index (χ0) is 22.2. The van der Waals surface area contributed by atoms with E-state index in [9.17, 15) is 14.4 Å². The number of urea groups is 1. The second-order valence-electron chi connectivity index (χ2n) is 8.19. The highest BCUT2D eigenvalue weighted by molar-refractivity contribution is 6.08. The van der Waals surface area contributed by atoms with E-state index < -0.39 is 17.5 Å². The molecule has 1 atom stereocenters. The van der Waals surface area contributed by atoms with Crippen molar-refractivity contribution in [3.8, 4) is 11.5 Å². The molecule has 162 valence electrons. The van der Waals surface area contributed by atoms with E-state index in [-0.39, 0.29) is 25.7 Å². The van der Waals surface area contributed by atoms with Crippen molar-refractivity contribution in [1.82, 2.24) is 15.1 Å². The average molecular weight is 423 g/mol. The topological polar surface area (TPSA) is 88.2 Å². The van der Waals surface area contributed by atoms with Gasteiger partial charge in [0.2, 0.25) is 12.7 Å². The first-order chi connectivity index (χ1) is 14.8. The summed E-state index contributed by atoms with van der Waals surface area (Å²) >= 11 is 0. The van der Waals surface area contributed by atoms with Gasteiger partial charge in [0.05, 0.1) is 0 Å². The molecule has 4 amide bonds. The van der Waals surface area contributed by atoms with Crippen LogP contribution in [0.2, 0.25) is 0 Å². The highest BCUT2D eigenvalue weighted by Gasteiger charge is 2.48. The quantitative estimate of drug-likeness (QED) is 0.720. The van der Waals surface area contributed by atoms with Crippen LogP contribution in [0.5, 0.6) is 11.5 Å². The molecule has 1 saturated heterocycles. The molecule has 2 heterocycles. The zero-order valence-electron chi connectivity index (χ0n) is 17.8. The number of likely N-dealkylation sites (N-methyl/N-ethyl adjacent to an activating group) is 1. The van der Waals surface area contributed by atoms with Gasteiger partial charge in [-0.05, 0) is 42.7 Å². The molecule has 31 heavy (non-hydrogen) atoms. The van der Waals surface area contributed by atoms with Crippen molar-refractivity contribution in [3.63, 3.8) is 0 Å². The predicted octanol–water partition coefficient (Wildman–Crippen LogP) is 2.24. The molecule has 0 bridgehead atoms. The lowest BCUT2D eigenvalue weighted by Gasteiger charge is -2.23. The molecule has 1 fully saturated rings. The van der Waals surface area contributed by atoms with Crippen molar-refractivity contribution in [2.24, 2.45) is 0 Å². The van der Waals surface area contributed by atoms with Crippen molar-refractivity contribution in [2.45, 2.75) is 32.4 Å². The first-order valence-corrected chi connectivity index (χ1v) is 10.1. The van der Waals surface area contributed by atoms with Gasteiger partial charge in [-0.3, -0.25) is 14.5 Å². The number of hydrogen-bond acceptors (Lipinski definition) is 5. The van der Waals surface area contributed by atoms with Crippen LogP contribution in [0.15, 0.2) is 42.5 Å². The molecule has 2 aliphatic heterocycles. The van der Waals surface area contributed by atoms with Crippen LogP contribution < -0.4 is 14.8 Å². The average Bonchev–Trinajstić information content (AvgIpc) is 3.27. The molecule has 0 aliphatic carbocycles. The number of nitrogens with zero attached hydrogens (tertiary/aromatic N) is 2. The highest BCUT2D eigenvalue weighted by atomic mass is 16.7. The lowest BCUT2D eigenvalue weighted by Crippen LogP contribution is -2.47. The molecule has 2 aromatic carbocycles. The van der Waals surface area contributed by atoms with E-state index >= 15 is 0 Å². The van der Waals surface area contributed by atoms with Gasteiger partial charge >= 0.3 is 6.03 Å². The van der Waals surface area contributed by atoms with Crippen molar-refractivity contribution in [3.05, 3.63) is 59.2 Å². The number of ether oxygens (including phenoxy) is 2. The molecule has 4 rings (SSSR count). The van der Waals surface area contributed by atoms with Crippen LogP contribution in [0.4, 0.5) is 4.79 Å². The van der Waals surface area contributed by atoms with Gasteiger partial charge in [0, 0.05) is 20.0 Å². The molecular formula is C23H25N3O5. The van der Waals surface area contributed by atoms with Crippen molar-refractivity contribution < 1.29 is 23.9 Å². The summed E-state index contributed by atoms with van der Waals surface area (Å²) in [5, 5.41) is 2.74. The highest BCUT2D eigenvalue weighted by Crippen LogP contribution is 2.34. The van der Waals surface area contributed by atoms with Crippen LogP contribution in [-0.4, -0.2) is 53.6 Å². The Kier molecular flexibility index (Phi) is 5.31. The summed E-state index contributed by atoms with van der Waals surface area (Å²) in [7, 11) is 1.67. The van der Waals surface area contributed by atoms with Gasteiger partial charge in [-0.2, -0.15) is 0 Å². The SMILES string of the molecule is Cc1ccccc1CN(C)C(=O)CN1C(=O)N[C@](C)(Cc2ccc3c(c2)OCO3)C1=O. The molecule has 0 saturated carbocycles. The Labute approximate surface area is 180 Å². The maximum absolute atomic E-state index is 13.1. The number of hydrogen-bond donors (Lipinski definition) is 1. The second-order valence-corrected chi connectivity index (χ2v) is 8.19. The number of aryl methyl sites for hydroxylation is 1. The zero-order valence-corrected chi connectivity index (χ0v) is 17.8. The molecule has 0 unspecified atom stereocenters. The number of amides is 4. The Balaban J connectivity index is 1.42. The smallest absolute Gasteiger partial charge is 0.325 e. The predicted molar refractivity (Wildman–Crippen MR) is 113 cm³/mol. The lowest BCUT2D eigenvalue weighted by molar-refractivity contribution is -0.138. The van der Waals surface area contributed by atoms with Crippen molar-refractivity contribution >= 4 is 17.8 Å². The van der Waals surface area contributed by atoms with Gasteiger partial charge in [0.15, 0.2) is 11.5 Å². The molecular weight excluding hydrogens is 398 g/mol. The minimum atomic E-state index is -1.14. The number of carbonyl (C=O) groups excluding carboxylic acids is 3. The third kappa shape index (κ3) is 4.05. The fourth-order valence-electron chi connectivity index (χ4n) is 3.86. The number of carbonyl (C=O) groups is 3. The summed E-state index contributed by atoms with van der Waals surface area (Å²) in [4.78, 5) is 40.8. The Morgan fingerprint density at radius 2 is 1.90 bits per heavy atom. The number of rotatable bonds is 6. The largest absolute Gasteiger partial charge is 0.454 e. The van der Waals surface area contributed by atoms with Gasteiger partial charge in [-0.25, -0.2) is 4.79 Å². The first kappa shape index (κ1) is 20.7. The van der Waals surface area contributed by atoms with Crippen LogP contribution in [0.25, 0.3) is 0 Å². The third-order valence-electron chi connectivity index (χ3n) is 5.73. The number of fused-ring (bicyclic) bond motifs is 1. The van der Waals surface area contributed by atoms with E-state index in [4.69, 9.17) is 9.47 Å². The monoisotopic (exact) mass is 423 g/mol. The Morgan fingerprint density at radius 3 is 2.68 bits per heavy atom. The number of nitrogens with one attached hydrogen (secondary N) is 1. The molecule has 2 aliphatic rings. The van der Waals surface area contributed by atoms with Gasteiger partial charge in [-0.15, -0.1) is 0 Å². The summed E-state index contributed by atoms with van der Waals surface area (Å²) in [6.45, 7) is 3.91. The van der Waals surface area contributed by atoms with Crippen LogP contribution in [-0.2, 0) is 22.6 Å². The summed E-state index contributed by atoms with van der Waals surface area (Å²) in [5.41, 5.74) is 1.78. The molecule has 0 spiro atoms. The summed E-state index contributed by atoms with van der Waals surface area (Å²) in [6.07, 6.45) is 0.276. The molecule has 1 N–H and O–H groups in total. The van der Waals surface area contributed by atoms with E-state index in [1.165, 1.54) is 4.90 Å². The molecule has 0 radical (unpaired) electrons. The lowest BCUT2D eigenvalue weighted by atomic mass is 9.92. The fraction of sp³-hybridized carbons (Fsp3) is 0.348. The molecule has 8 heteroatoms. The maximum Gasteiger partial charge on any atom is 0.325 e. The Morgan fingerprint density at radius 1 is 1.16 bits per heavy atom. The Bertz CT molecular complexity index is 1050. The van der Waals surface area contributed by atoms with Crippen LogP contribution in [0.3, 0.4) is 0 Å². The maximum atomic E-state index is 13.1. The minimum Gasteiger partial charge on any atom is -0.454 e. The second kappa shape index (κ2) is 7.94. The minimum absolute atomic E-state index is 0.164. The number of imide groups is 1. The summed E-state index contributed by atoms with van der Waals surface area (Å²) < 4.78 is 10.7. The van der Waals surface area contributed by atoms with Gasteiger partial charge in [-0.1, -0.05) is 30.3 Å². The van der Waals surface area contributed by atoms with Crippen molar-refractivity contribution in [1.29, 1.82) is 0 Å². The van der Waals surface area contributed by atoms with Gasteiger partial charge < -0.3 is 19.7 Å². The van der Waals surface area contributed by atoms with E-state index in [1.54, 1.807) is 26.1 Å². The van der Waals surface area contributed by atoms with Gasteiger partial charge in [0.1, 0.15) is 12.1 Å². The van der Waals surface area contributed by atoms with E-state index in [0.717, 1.165) is 21.6 Å².